The molecule has 0 atom stereocenters. The second kappa shape index (κ2) is 24.3. The Bertz CT molecular complexity index is 86.8. The van der Waals surface area contributed by atoms with Crippen LogP contribution in [0.3, 0.4) is 0 Å². The molecule has 0 bridgehead atoms. The van der Waals surface area contributed by atoms with Crippen molar-refractivity contribution in [2.24, 2.45) is 0 Å². The summed E-state index contributed by atoms with van der Waals surface area (Å²) >= 11 is 0. The van der Waals surface area contributed by atoms with E-state index in [1.165, 1.54) is 38.5 Å². The first-order valence-corrected chi connectivity index (χ1v) is 6.23. The van der Waals surface area contributed by atoms with E-state index in [9.17, 15) is 0 Å². The molecule has 0 spiro atoms. The molecular weight excluding hydrogens is 350 g/mol. The van der Waals surface area contributed by atoms with E-state index in [0.717, 1.165) is 39.6 Å². The number of halogens is 3. The van der Waals surface area contributed by atoms with Crippen molar-refractivity contribution in [3.63, 3.8) is 0 Å². The predicted octanol–water partition coefficient (Wildman–Crippen LogP) is -6.60. The maximum absolute atomic E-state index is 4.94. The molecule has 0 unspecified atom stereocenters. The van der Waals surface area contributed by atoms with E-state index in [-0.39, 0.29) is 54.6 Å². The van der Waals surface area contributed by atoms with Crippen molar-refractivity contribution >= 4 is 0 Å². The largest absolute Gasteiger partial charge is 1.00 e. The van der Waals surface area contributed by atoms with E-state index in [4.69, 9.17) is 14.2 Å². The van der Waals surface area contributed by atoms with Crippen molar-refractivity contribution < 1.29 is 68.8 Å². The van der Waals surface area contributed by atoms with Crippen LogP contribution in [0.4, 0.5) is 0 Å². The third-order valence-electron chi connectivity index (χ3n) is 2.48. The van der Waals surface area contributed by atoms with Crippen molar-refractivity contribution in [1.82, 2.24) is 0 Å². The van der Waals surface area contributed by atoms with Gasteiger partial charge in [0.1, 0.15) is 0 Å². The Hall–Kier alpha value is 1.28. The van der Waals surface area contributed by atoms with Gasteiger partial charge in [0, 0.05) is 57.0 Å². The smallest absolute Gasteiger partial charge is 0.0466 e. The molecule has 0 radical (unpaired) electrons. The number of hydrogen-bond acceptors (Lipinski definition) is 3. The number of rotatable bonds is 0. The summed E-state index contributed by atoms with van der Waals surface area (Å²) < 4.78 is 14.8. The third kappa shape index (κ3) is 21.7. The molecule has 3 heterocycles. The van der Waals surface area contributed by atoms with E-state index in [0.29, 0.717) is 0 Å². The maximum atomic E-state index is 4.94. The minimum atomic E-state index is 0. The molecule has 3 saturated heterocycles. The van der Waals surface area contributed by atoms with E-state index < -0.39 is 0 Å². The minimum Gasteiger partial charge on any atom is -1.00 e. The fourth-order valence-corrected chi connectivity index (χ4v) is 1.53. The molecule has 0 saturated carbocycles. The van der Waals surface area contributed by atoms with E-state index in [2.05, 4.69) is 0 Å². The van der Waals surface area contributed by atoms with Crippen molar-refractivity contribution in [2.75, 3.05) is 39.6 Å². The first kappa shape index (κ1) is 28.4. The van der Waals surface area contributed by atoms with Crippen molar-refractivity contribution in [2.45, 2.75) is 38.5 Å². The van der Waals surface area contributed by atoms with Crippen LogP contribution in [-0.4, -0.2) is 39.6 Å². The molecule has 0 aromatic heterocycles. The molecular formula is C12H24Cl3CrO3-3. The number of ether oxygens (including phenoxy) is 3. The summed E-state index contributed by atoms with van der Waals surface area (Å²) in [5, 5.41) is 0. The van der Waals surface area contributed by atoms with Crippen molar-refractivity contribution in [3.05, 3.63) is 0 Å². The van der Waals surface area contributed by atoms with Gasteiger partial charge in [-0.1, -0.05) is 0 Å². The third-order valence-corrected chi connectivity index (χ3v) is 2.48. The van der Waals surface area contributed by atoms with Gasteiger partial charge in [0.05, 0.1) is 0 Å². The van der Waals surface area contributed by atoms with Crippen LogP contribution in [0.2, 0.25) is 0 Å². The summed E-state index contributed by atoms with van der Waals surface area (Å²) in [4.78, 5) is 0. The quantitative estimate of drug-likeness (QED) is 0.422. The molecule has 0 aromatic rings. The predicted molar refractivity (Wildman–Crippen MR) is 60.2 cm³/mol. The van der Waals surface area contributed by atoms with Gasteiger partial charge in [-0.15, -0.1) is 0 Å². The fraction of sp³-hybridized carbons (Fsp3) is 1.00. The van der Waals surface area contributed by atoms with E-state index >= 15 is 0 Å². The molecule has 0 amide bonds. The van der Waals surface area contributed by atoms with Gasteiger partial charge in [-0.2, -0.15) is 0 Å². The van der Waals surface area contributed by atoms with Gasteiger partial charge in [-0.05, 0) is 38.5 Å². The molecule has 120 valence electrons. The topological polar surface area (TPSA) is 27.7 Å². The van der Waals surface area contributed by atoms with Crippen LogP contribution in [0.5, 0.6) is 0 Å². The zero-order valence-electron chi connectivity index (χ0n) is 11.3. The molecule has 3 fully saturated rings. The van der Waals surface area contributed by atoms with Gasteiger partial charge in [0.15, 0.2) is 0 Å². The molecule has 19 heavy (non-hydrogen) atoms. The molecule has 0 aromatic carbocycles. The Kier molecular flexibility index (Phi) is 36.4. The van der Waals surface area contributed by atoms with Crippen LogP contribution >= 0.6 is 0 Å². The van der Waals surface area contributed by atoms with Crippen LogP contribution in [-0.2, 0) is 31.6 Å². The summed E-state index contributed by atoms with van der Waals surface area (Å²) in [5.41, 5.74) is 0. The summed E-state index contributed by atoms with van der Waals surface area (Å²) in [5.74, 6) is 0. The second-order valence-corrected chi connectivity index (χ2v) is 3.96. The molecule has 0 aliphatic carbocycles. The standard InChI is InChI=1S/3C4H8O.3ClH.Cr/c3*1-2-4-5-3-1;;;;/h3*1-4H2;3*1H;/p-3. The fourth-order valence-electron chi connectivity index (χ4n) is 1.53. The summed E-state index contributed by atoms with van der Waals surface area (Å²) in [6.07, 6.45) is 7.67. The van der Waals surface area contributed by atoms with Crippen LogP contribution in [0.25, 0.3) is 0 Å². The minimum absolute atomic E-state index is 0. The first-order chi connectivity index (χ1) is 7.50. The summed E-state index contributed by atoms with van der Waals surface area (Å²) in [6.45, 7) is 6.00. The van der Waals surface area contributed by atoms with Gasteiger partial charge in [0.25, 0.3) is 0 Å². The number of hydrogen-bond donors (Lipinski definition) is 0. The Morgan fingerprint density at radius 2 is 0.526 bits per heavy atom. The average molecular weight is 375 g/mol. The Balaban J connectivity index is -0.0000000804. The van der Waals surface area contributed by atoms with Gasteiger partial charge in [0.2, 0.25) is 0 Å². The van der Waals surface area contributed by atoms with Crippen LogP contribution in [0.15, 0.2) is 0 Å². The summed E-state index contributed by atoms with van der Waals surface area (Å²) in [7, 11) is 0. The first-order valence-electron chi connectivity index (χ1n) is 6.23. The van der Waals surface area contributed by atoms with Crippen LogP contribution < -0.4 is 37.2 Å². The van der Waals surface area contributed by atoms with Crippen molar-refractivity contribution in [1.29, 1.82) is 0 Å². The monoisotopic (exact) mass is 373 g/mol. The molecule has 3 aliphatic rings. The van der Waals surface area contributed by atoms with Gasteiger partial charge in [-0.3, -0.25) is 0 Å². The Morgan fingerprint density at radius 3 is 0.579 bits per heavy atom. The van der Waals surface area contributed by atoms with E-state index in [1.54, 1.807) is 0 Å². The van der Waals surface area contributed by atoms with Crippen LogP contribution in [0.1, 0.15) is 38.5 Å². The zero-order chi connectivity index (χ0) is 10.6. The van der Waals surface area contributed by atoms with Crippen molar-refractivity contribution in [3.8, 4) is 0 Å². The molecule has 7 heteroatoms. The molecule has 3 rings (SSSR count). The molecule has 0 N–H and O–H groups in total. The molecule has 3 aliphatic heterocycles. The van der Waals surface area contributed by atoms with Gasteiger partial charge < -0.3 is 51.4 Å². The second-order valence-electron chi connectivity index (χ2n) is 3.96. The van der Waals surface area contributed by atoms with Gasteiger partial charge >= 0.3 is 0 Å². The SMILES string of the molecule is C1CCOC1.C1CCOC1.C1CCOC1.[Cl-].[Cl-].[Cl-].[Cr]. The maximum Gasteiger partial charge on any atom is 0.0466 e. The normalized spacial score (nSPS) is 18.9. The molecule has 3 nitrogen and oxygen atoms in total. The zero-order valence-corrected chi connectivity index (χ0v) is 14.8. The Morgan fingerprint density at radius 1 is 0.368 bits per heavy atom. The summed E-state index contributed by atoms with van der Waals surface area (Å²) in [6, 6.07) is 0. The average Bonchev–Trinajstić information content (AvgIpc) is 3.09. The van der Waals surface area contributed by atoms with Crippen LogP contribution in [0, 0.1) is 0 Å². The van der Waals surface area contributed by atoms with E-state index in [1.807, 2.05) is 0 Å². The van der Waals surface area contributed by atoms with Gasteiger partial charge in [-0.25, -0.2) is 0 Å². The Labute approximate surface area is 146 Å².